The molecular weight excluding hydrogens is 1710 g/mol. The van der Waals surface area contributed by atoms with Crippen LogP contribution in [0.2, 0.25) is 15.1 Å². The van der Waals surface area contributed by atoms with E-state index in [-0.39, 0.29) is 158 Å². The topological polar surface area (TPSA) is 88.1 Å². The third kappa shape index (κ3) is 47.2. The summed E-state index contributed by atoms with van der Waals surface area (Å²) >= 11 is 30.4. The van der Waals surface area contributed by atoms with Crippen LogP contribution >= 0.6 is 290 Å². The summed E-state index contributed by atoms with van der Waals surface area (Å²) in [6, 6.07) is 16.1. The number of phenolic OH excluding ortho intramolecular Hbond substituents is 1. The standard InChI is InChI=1S/C15H12Cl2I2O2.C6H4ClIO.C3H6Br2.CH2O3.2K.H12P10.H11P9.H/c16-10-2-4-14(12(18)8-10)20-6-1-7-21-15-5-3-11(17)9-13(15)19;7-4-1-2-6(9)5(8)3-4;4-2-1-3-5;2-1-4-3;;;1-7(2)10(8(3)4)9(5)6;1-6-9(7(2)3)8(4)5;/h2-5,8-9H,1,6-7H2;1-3,9H;1-3H2;1,3H;;;1-6H2;6H,1-5H2;/q;;;;2*+1;;;-1/p-1. The molecule has 0 fully saturated rings. The van der Waals surface area contributed by atoms with Gasteiger partial charge in [-0.3, -0.25) is 4.79 Å². The van der Waals surface area contributed by atoms with E-state index in [2.05, 4.69) is 180 Å². The second-order valence-corrected chi connectivity index (χ2v) is 82.9. The van der Waals surface area contributed by atoms with E-state index in [0.29, 0.717) is 35.3 Å². The summed E-state index contributed by atoms with van der Waals surface area (Å²) in [5.74, 6) is 1.97. The number of halogens is 8. The minimum Gasteiger partial charge on any atom is -1.00 e. The van der Waals surface area contributed by atoms with Crippen molar-refractivity contribution in [3.8, 4) is 17.2 Å². The molecule has 1 N–H and O–H groups in total. The van der Waals surface area contributed by atoms with Crippen molar-refractivity contribution in [3.05, 3.63) is 80.4 Å². The molecule has 3 rings (SSSR count). The molecule has 0 saturated carbocycles. The van der Waals surface area contributed by atoms with Crippen LogP contribution < -0.4 is 118 Å². The normalized spacial score (nSPS) is 10.2. The van der Waals surface area contributed by atoms with Gasteiger partial charge in [0.25, 0.3) is 6.47 Å². The van der Waals surface area contributed by atoms with Crippen LogP contribution in [0, 0.1) is 10.7 Å². The van der Waals surface area contributed by atoms with Crippen molar-refractivity contribution >= 4 is 296 Å². The van der Waals surface area contributed by atoms with Gasteiger partial charge in [-0.05, 0) is 178 Å². The Bertz CT molecular complexity index is 1450. The quantitative estimate of drug-likeness (QED) is 0.0238. The van der Waals surface area contributed by atoms with E-state index in [1.165, 1.54) is 6.42 Å². The van der Waals surface area contributed by atoms with Gasteiger partial charge in [0.1, 0.15) is 17.2 Å². The SMILES string of the molecule is BrCCCBr.Clc1ccc(OCCCOc2ccc(Cl)cc2I)c(I)c1.O=CO[O-].Oc1ccc(Cl)cc1I.PP(P)P(P(P)P)P(P)P.PPP(P(P)P)P(P)P.[H-].[K+].[K+]. The molecule has 0 aliphatic heterocycles. The smallest absolute Gasteiger partial charge is 1.00 e. The zero-order valence-corrected chi connectivity index (χ0v) is 70.1. The van der Waals surface area contributed by atoms with Gasteiger partial charge < -0.3 is 26.2 Å². The number of rotatable bonds is 15. The van der Waals surface area contributed by atoms with Gasteiger partial charge in [-0.2, -0.15) is 0 Å². The molecule has 0 bridgehead atoms. The van der Waals surface area contributed by atoms with Crippen molar-refractivity contribution in [2.24, 2.45) is 0 Å². The molecule has 0 heterocycles. The van der Waals surface area contributed by atoms with Gasteiger partial charge in [-0.25, -0.2) is 0 Å². The van der Waals surface area contributed by atoms with Crippen LogP contribution in [0.15, 0.2) is 54.6 Å². The van der Waals surface area contributed by atoms with Crippen LogP contribution in [0.4, 0.5) is 0 Å². The molecule has 35 heteroatoms. The number of carbonyl (C=O) groups is 1. The second kappa shape index (κ2) is 54.3. The summed E-state index contributed by atoms with van der Waals surface area (Å²) < 4.78 is 14.2. The Morgan fingerprint density at radius 2 is 1.00 bits per heavy atom. The van der Waals surface area contributed by atoms with Crippen LogP contribution in [0.1, 0.15) is 14.3 Å². The largest absolute Gasteiger partial charge is 1.00 e. The van der Waals surface area contributed by atoms with Gasteiger partial charge in [0.15, 0.2) is 0 Å². The third-order valence-electron chi connectivity index (χ3n) is 4.98. The zero-order valence-electron chi connectivity index (χ0n) is 33.0. The van der Waals surface area contributed by atoms with E-state index in [1.54, 1.807) is 18.2 Å². The summed E-state index contributed by atoms with van der Waals surface area (Å²) in [4.78, 5) is 11.2. The van der Waals surface area contributed by atoms with Crippen molar-refractivity contribution in [3.63, 3.8) is 0 Å². The van der Waals surface area contributed by atoms with E-state index in [0.717, 1.165) is 47.2 Å². The molecule has 0 aliphatic carbocycles. The monoisotopic (exact) mass is 1750 g/mol. The number of alkyl halides is 2. The molecular formula is C25H47Br2Cl3I3K2O6P19. The fourth-order valence-corrected chi connectivity index (χ4v) is 155. The Morgan fingerprint density at radius 3 is 1.18 bits per heavy atom. The van der Waals surface area contributed by atoms with Gasteiger partial charge in [0, 0.05) is 32.1 Å². The van der Waals surface area contributed by atoms with Crippen molar-refractivity contribution in [1.82, 2.24) is 0 Å². The van der Waals surface area contributed by atoms with Crippen LogP contribution in [-0.4, -0.2) is 35.5 Å². The van der Waals surface area contributed by atoms with E-state index >= 15 is 0 Å². The van der Waals surface area contributed by atoms with E-state index in [9.17, 15) is 0 Å². The van der Waals surface area contributed by atoms with E-state index in [1.807, 2.05) is 59.0 Å². The maximum atomic E-state index is 8.98. The number of phenols is 1. The van der Waals surface area contributed by atoms with Crippen LogP contribution in [0.3, 0.4) is 0 Å². The zero-order chi connectivity index (χ0) is 45.4. The number of ether oxygens (including phenoxy) is 2. The van der Waals surface area contributed by atoms with Gasteiger partial charge >= 0.3 is 103 Å². The summed E-state index contributed by atoms with van der Waals surface area (Å²) in [5, 5.41) is 21.7. The van der Waals surface area contributed by atoms with Gasteiger partial charge in [0.2, 0.25) is 0 Å². The first kappa shape index (κ1) is 80.8. The minimum absolute atomic E-state index is 0. The number of hydrogen-bond donors (Lipinski definition) is 1. The summed E-state index contributed by atoms with van der Waals surface area (Å²) in [6.07, 6.45) is 2.03. The second-order valence-electron chi connectivity index (χ2n) is 9.31. The molecule has 0 saturated heterocycles. The Kier molecular flexibility index (Phi) is 73.1. The van der Waals surface area contributed by atoms with Crippen molar-refractivity contribution < 1.29 is 134 Å². The molecule has 0 amide bonds. The molecule has 336 valence electrons. The van der Waals surface area contributed by atoms with E-state index < -0.39 is 0 Å². The average molecular weight is 1760 g/mol. The predicted octanol–water partition coefficient (Wildman–Crippen LogP) is 13.6. The molecule has 0 aliphatic rings. The first-order chi connectivity index (χ1) is 27.1. The number of benzene rings is 3. The molecule has 12 atom stereocenters. The maximum absolute atomic E-state index is 8.98. The summed E-state index contributed by atoms with van der Waals surface area (Å²) in [7, 11) is 33.3. The van der Waals surface area contributed by atoms with E-state index in [4.69, 9.17) is 59.4 Å². The molecule has 0 radical (unpaired) electrons. The fourth-order valence-electron chi connectivity index (χ4n) is 2.75. The Morgan fingerprint density at radius 1 is 0.667 bits per heavy atom. The molecule has 0 aromatic heterocycles. The summed E-state index contributed by atoms with van der Waals surface area (Å²) in [6.45, 7) is 2.28. The van der Waals surface area contributed by atoms with Gasteiger partial charge in [0.05, 0.1) is 23.9 Å². The number of hydrogen-bond acceptors (Lipinski definition) is 6. The minimum atomic E-state index is -0.181. The molecule has 3 aromatic carbocycles. The van der Waals surface area contributed by atoms with Crippen LogP contribution in [-0.2, 0) is 9.68 Å². The van der Waals surface area contributed by atoms with Gasteiger partial charge in [-0.15, -0.1) is 98.2 Å². The number of aromatic hydroxyl groups is 1. The Hall–Kier alpha value is 12.0. The molecule has 0 spiro atoms. The summed E-state index contributed by atoms with van der Waals surface area (Å²) in [5.41, 5.74) is 0. The molecule has 3 aromatic rings. The van der Waals surface area contributed by atoms with Crippen molar-refractivity contribution in [2.45, 2.75) is 12.8 Å². The van der Waals surface area contributed by atoms with Crippen molar-refractivity contribution in [1.29, 1.82) is 0 Å². The third-order valence-corrected chi connectivity index (χ3v) is 103. The predicted molar refractivity (Wildman–Crippen MR) is 354 cm³/mol. The van der Waals surface area contributed by atoms with Crippen LogP contribution in [0.5, 0.6) is 17.2 Å². The first-order valence-electron chi connectivity index (χ1n) is 14.8. The Labute approximate surface area is 552 Å². The molecule has 12 unspecified atom stereocenters. The molecule has 60 heavy (non-hydrogen) atoms. The fraction of sp³-hybridized carbons (Fsp3) is 0.240. The average Bonchev–Trinajstić information content (AvgIpc) is 3.12. The molecule has 6 nitrogen and oxygen atoms in total. The van der Waals surface area contributed by atoms with Crippen LogP contribution in [0.25, 0.3) is 0 Å². The van der Waals surface area contributed by atoms with Crippen molar-refractivity contribution in [2.75, 3.05) is 23.9 Å². The Balaban J connectivity index is -0.000000162. The first-order valence-corrected chi connectivity index (χ1v) is 54.2. The van der Waals surface area contributed by atoms with Gasteiger partial charge in [-0.1, -0.05) is 74.6 Å². The maximum Gasteiger partial charge on any atom is 1.00 e. The number of carbonyl (C=O) groups excluding carboxylic acids is 1.